The Morgan fingerprint density at radius 2 is 1.90 bits per heavy atom. The molecule has 1 aromatic carbocycles. The Labute approximate surface area is 124 Å². The molecule has 0 aromatic heterocycles. The van der Waals surface area contributed by atoms with Crippen molar-refractivity contribution in [2.75, 3.05) is 11.3 Å². The summed E-state index contributed by atoms with van der Waals surface area (Å²) in [5.74, 6) is -0.726. The third-order valence-electron chi connectivity index (χ3n) is 2.58. The van der Waals surface area contributed by atoms with E-state index in [1.54, 1.807) is 19.1 Å². The maximum atomic E-state index is 12.2. The number of anilines is 1. The molecule has 0 unspecified atom stereocenters. The van der Waals surface area contributed by atoms with Gasteiger partial charge in [-0.25, -0.2) is 8.42 Å². The first-order valence-corrected chi connectivity index (χ1v) is 8.27. The number of ether oxygens (including phenoxy) is 1. The quantitative estimate of drug-likeness (QED) is 0.784. The molecule has 0 aliphatic carbocycles. The molecule has 0 heterocycles. The Hall–Kier alpha value is -1.27. The summed E-state index contributed by atoms with van der Waals surface area (Å²) in [4.78, 5) is 11.8. The second-order valence-electron chi connectivity index (χ2n) is 4.18. The smallest absolute Gasteiger partial charge is 0.326 e. The fraction of sp³-hybridized carbons (Fsp3) is 0.462. The number of rotatable bonds is 7. The van der Waals surface area contributed by atoms with Gasteiger partial charge in [-0.1, -0.05) is 24.9 Å². The van der Waals surface area contributed by atoms with Gasteiger partial charge in [0.15, 0.2) is 5.25 Å². The number of carbonyl (C=O) groups excluding carboxylic acids is 1. The summed E-state index contributed by atoms with van der Waals surface area (Å²) in [6.45, 7) is 3.60. The number of sulfonamides is 1. The van der Waals surface area contributed by atoms with Gasteiger partial charge in [0.1, 0.15) is 0 Å². The van der Waals surface area contributed by atoms with Gasteiger partial charge >= 0.3 is 5.97 Å². The molecule has 0 saturated heterocycles. The highest BCUT2D eigenvalue weighted by Gasteiger charge is 2.33. The van der Waals surface area contributed by atoms with Crippen molar-refractivity contribution in [1.29, 1.82) is 0 Å². The van der Waals surface area contributed by atoms with Crippen LogP contribution in [0.4, 0.5) is 5.69 Å². The molecule has 0 radical (unpaired) electrons. The van der Waals surface area contributed by atoms with Crippen LogP contribution in [0.2, 0.25) is 5.02 Å². The molecule has 0 amide bonds. The maximum absolute atomic E-state index is 12.2. The van der Waals surface area contributed by atoms with Crippen molar-refractivity contribution in [2.45, 2.75) is 31.9 Å². The number of carbonyl (C=O) groups is 1. The third-order valence-corrected chi connectivity index (χ3v) is 4.53. The average molecular weight is 320 g/mol. The number of esters is 1. The highest BCUT2D eigenvalue weighted by Crippen LogP contribution is 2.18. The van der Waals surface area contributed by atoms with E-state index >= 15 is 0 Å². The SMILES string of the molecule is CCC[C@@H](C(=O)OCC)S(=O)(=O)Nc1ccc(Cl)cc1. The molecule has 5 nitrogen and oxygen atoms in total. The van der Waals surface area contributed by atoms with Gasteiger partial charge < -0.3 is 4.74 Å². The van der Waals surface area contributed by atoms with E-state index in [1.165, 1.54) is 12.1 Å². The Morgan fingerprint density at radius 1 is 1.30 bits per heavy atom. The molecule has 0 aliphatic rings. The van der Waals surface area contributed by atoms with Crippen LogP contribution in [-0.2, 0) is 19.6 Å². The lowest BCUT2D eigenvalue weighted by molar-refractivity contribution is -0.142. The van der Waals surface area contributed by atoms with Gasteiger partial charge in [0, 0.05) is 10.7 Å². The van der Waals surface area contributed by atoms with Gasteiger partial charge in [-0.2, -0.15) is 0 Å². The normalized spacial score (nSPS) is 12.8. The van der Waals surface area contributed by atoms with Crippen molar-refractivity contribution in [3.63, 3.8) is 0 Å². The van der Waals surface area contributed by atoms with Gasteiger partial charge in [-0.3, -0.25) is 9.52 Å². The van der Waals surface area contributed by atoms with Crippen LogP contribution in [0.1, 0.15) is 26.7 Å². The van der Waals surface area contributed by atoms with Crippen molar-refractivity contribution in [2.24, 2.45) is 0 Å². The van der Waals surface area contributed by atoms with Crippen LogP contribution in [0.15, 0.2) is 24.3 Å². The molecule has 20 heavy (non-hydrogen) atoms. The Morgan fingerprint density at radius 3 is 2.40 bits per heavy atom. The first kappa shape index (κ1) is 16.8. The number of hydrogen-bond donors (Lipinski definition) is 1. The second-order valence-corrected chi connectivity index (χ2v) is 6.48. The zero-order valence-corrected chi connectivity index (χ0v) is 13.0. The third kappa shape index (κ3) is 4.68. The molecule has 1 N–H and O–H groups in total. The van der Waals surface area contributed by atoms with Crippen LogP contribution < -0.4 is 4.72 Å². The van der Waals surface area contributed by atoms with E-state index in [2.05, 4.69) is 4.72 Å². The molecule has 112 valence electrons. The Bertz CT molecular complexity index is 542. The average Bonchev–Trinajstić information content (AvgIpc) is 2.38. The standard InChI is InChI=1S/C13H18ClNO4S/c1-3-5-12(13(16)19-4-2)20(17,18)15-11-8-6-10(14)7-9-11/h6-9,12,15H,3-5H2,1-2H3/t12-/m0/s1. The van der Waals surface area contributed by atoms with Crippen molar-refractivity contribution < 1.29 is 17.9 Å². The molecule has 1 rings (SSSR count). The lowest BCUT2D eigenvalue weighted by atomic mass is 10.2. The minimum atomic E-state index is -3.84. The summed E-state index contributed by atoms with van der Waals surface area (Å²) < 4.78 is 31.7. The van der Waals surface area contributed by atoms with Crippen LogP contribution in [0, 0.1) is 0 Å². The highest BCUT2D eigenvalue weighted by atomic mass is 35.5. The summed E-state index contributed by atoms with van der Waals surface area (Å²) >= 11 is 5.74. The summed E-state index contributed by atoms with van der Waals surface area (Å²) in [5.41, 5.74) is 0.361. The van der Waals surface area contributed by atoms with Crippen LogP contribution in [-0.4, -0.2) is 26.2 Å². The van der Waals surface area contributed by atoms with Gasteiger partial charge in [-0.15, -0.1) is 0 Å². The fourth-order valence-electron chi connectivity index (χ4n) is 1.65. The molecule has 1 atom stereocenters. The van der Waals surface area contributed by atoms with E-state index in [0.717, 1.165) is 0 Å². The topological polar surface area (TPSA) is 72.5 Å². The van der Waals surface area contributed by atoms with E-state index in [0.29, 0.717) is 17.1 Å². The zero-order chi connectivity index (χ0) is 15.2. The largest absolute Gasteiger partial charge is 0.465 e. The minimum absolute atomic E-state index is 0.148. The fourth-order valence-corrected chi connectivity index (χ4v) is 3.25. The van der Waals surface area contributed by atoms with E-state index in [-0.39, 0.29) is 13.0 Å². The van der Waals surface area contributed by atoms with Gasteiger partial charge in [0.05, 0.1) is 6.61 Å². The molecule has 0 bridgehead atoms. The van der Waals surface area contributed by atoms with Crippen LogP contribution in [0.3, 0.4) is 0 Å². The summed E-state index contributed by atoms with van der Waals surface area (Å²) in [5, 5.41) is -0.702. The predicted octanol–water partition coefficient (Wildman–Crippen LogP) is 2.81. The lowest BCUT2D eigenvalue weighted by Crippen LogP contribution is -2.36. The summed E-state index contributed by atoms with van der Waals surface area (Å²) in [7, 11) is -3.84. The number of hydrogen-bond acceptors (Lipinski definition) is 4. The van der Waals surface area contributed by atoms with Gasteiger partial charge in [-0.05, 0) is 37.6 Å². The number of benzene rings is 1. The first-order chi connectivity index (χ1) is 9.40. The molecule has 0 aliphatic heterocycles. The van der Waals surface area contributed by atoms with Crippen molar-refractivity contribution >= 4 is 33.3 Å². The van der Waals surface area contributed by atoms with Crippen molar-refractivity contribution in [3.05, 3.63) is 29.3 Å². The van der Waals surface area contributed by atoms with Crippen LogP contribution in [0.5, 0.6) is 0 Å². The molecule has 0 fully saturated rings. The highest BCUT2D eigenvalue weighted by molar-refractivity contribution is 7.94. The van der Waals surface area contributed by atoms with E-state index in [4.69, 9.17) is 16.3 Å². The van der Waals surface area contributed by atoms with Crippen LogP contribution >= 0.6 is 11.6 Å². The maximum Gasteiger partial charge on any atom is 0.326 e. The van der Waals surface area contributed by atoms with E-state index in [1.807, 2.05) is 6.92 Å². The predicted molar refractivity (Wildman–Crippen MR) is 79.3 cm³/mol. The van der Waals surface area contributed by atoms with Crippen LogP contribution in [0.25, 0.3) is 0 Å². The summed E-state index contributed by atoms with van der Waals surface area (Å²) in [6.07, 6.45) is 0.771. The zero-order valence-electron chi connectivity index (χ0n) is 11.4. The van der Waals surface area contributed by atoms with E-state index < -0.39 is 21.2 Å². The lowest BCUT2D eigenvalue weighted by Gasteiger charge is -2.17. The van der Waals surface area contributed by atoms with E-state index in [9.17, 15) is 13.2 Å². The second kappa shape index (κ2) is 7.50. The molecule has 7 heteroatoms. The summed E-state index contributed by atoms with van der Waals surface area (Å²) in [6, 6.07) is 6.21. The molecule has 1 aromatic rings. The number of halogens is 1. The van der Waals surface area contributed by atoms with Gasteiger partial charge in [0.25, 0.3) is 0 Å². The Kier molecular flexibility index (Phi) is 6.29. The molecular formula is C13H18ClNO4S. The minimum Gasteiger partial charge on any atom is -0.465 e. The van der Waals surface area contributed by atoms with Crippen molar-refractivity contribution in [3.8, 4) is 0 Å². The monoisotopic (exact) mass is 319 g/mol. The van der Waals surface area contributed by atoms with Gasteiger partial charge in [0.2, 0.25) is 10.0 Å². The number of nitrogens with one attached hydrogen (secondary N) is 1. The first-order valence-electron chi connectivity index (χ1n) is 6.34. The molecular weight excluding hydrogens is 302 g/mol. The molecule has 0 spiro atoms. The Balaban J connectivity index is 2.92. The molecule has 0 saturated carbocycles. The van der Waals surface area contributed by atoms with Crippen molar-refractivity contribution in [1.82, 2.24) is 0 Å².